The Morgan fingerprint density at radius 3 is 2.53 bits per heavy atom. The summed E-state index contributed by atoms with van der Waals surface area (Å²) in [5, 5.41) is 13.2. The third-order valence-corrected chi connectivity index (χ3v) is 2.62. The largest absolute Gasteiger partial charge is 0.508 e. The van der Waals surface area contributed by atoms with Gasteiger partial charge in [0.25, 0.3) is 5.89 Å². The lowest BCUT2D eigenvalue weighted by Gasteiger charge is -1.94. The summed E-state index contributed by atoms with van der Waals surface area (Å²) >= 11 is 0. The molecule has 0 unspecified atom stereocenters. The molecule has 0 fully saturated rings. The van der Waals surface area contributed by atoms with E-state index in [9.17, 15) is 9.50 Å². The Morgan fingerprint density at radius 2 is 1.79 bits per heavy atom. The number of aromatic hydroxyl groups is 1. The number of aromatic nitrogens is 2. The number of phenols is 1. The molecular formula is C14H9FN2O2. The predicted molar refractivity (Wildman–Crippen MR) is 66.8 cm³/mol. The van der Waals surface area contributed by atoms with Crippen LogP contribution in [-0.2, 0) is 0 Å². The number of benzene rings is 2. The van der Waals surface area contributed by atoms with Gasteiger partial charge < -0.3 is 9.63 Å². The molecule has 0 spiro atoms. The van der Waals surface area contributed by atoms with Gasteiger partial charge in [0.05, 0.1) is 0 Å². The van der Waals surface area contributed by atoms with E-state index in [0.29, 0.717) is 22.8 Å². The molecule has 4 nitrogen and oxygen atoms in total. The van der Waals surface area contributed by atoms with Crippen LogP contribution in [0, 0.1) is 5.82 Å². The van der Waals surface area contributed by atoms with Crippen molar-refractivity contribution in [3.05, 3.63) is 54.3 Å². The Morgan fingerprint density at radius 1 is 1.00 bits per heavy atom. The zero-order valence-electron chi connectivity index (χ0n) is 9.75. The van der Waals surface area contributed by atoms with Crippen LogP contribution in [0.5, 0.6) is 5.75 Å². The summed E-state index contributed by atoms with van der Waals surface area (Å²) in [7, 11) is 0. The average Bonchev–Trinajstić information content (AvgIpc) is 2.89. The molecule has 19 heavy (non-hydrogen) atoms. The molecule has 3 rings (SSSR count). The number of hydrogen-bond acceptors (Lipinski definition) is 4. The van der Waals surface area contributed by atoms with E-state index in [2.05, 4.69) is 10.1 Å². The van der Waals surface area contributed by atoms with E-state index < -0.39 is 0 Å². The van der Waals surface area contributed by atoms with Gasteiger partial charge in [0.1, 0.15) is 11.6 Å². The highest BCUT2D eigenvalue weighted by Gasteiger charge is 2.10. The fraction of sp³-hybridized carbons (Fsp3) is 0. The minimum atomic E-state index is -0.319. The maximum atomic E-state index is 12.8. The highest BCUT2D eigenvalue weighted by atomic mass is 19.1. The molecule has 1 N–H and O–H groups in total. The number of rotatable bonds is 2. The summed E-state index contributed by atoms with van der Waals surface area (Å²) < 4.78 is 17.9. The van der Waals surface area contributed by atoms with Crippen molar-refractivity contribution in [2.24, 2.45) is 0 Å². The van der Waals surface area contributed by atoms with Crippen molar-refractivity contribution in [1.29, 1.82) is 0 Å². The van der Waals surface area contributed by atoms with Crippen molar-refractivity contribution < 1.29 is 14.0 Å². The summed E-state index contributed by atoms with van der Waals surface area (Å²) in [5.74, 6) is 0.480. The Bertz CT molecular complexity index is 707. The van der Waals surface area contributed by atoms with Gasteiger partial charge in [-0.25, -0.2) is 4.39 Å². The normalized spacial score (nSPS) is 10.6. The lowest BCUT2D eigenvalue weighted by molar-refractivity contribution is 0.431. The molecule has 0 atom stereocenters. The van der Waals surface area contributed by atoms with Gasteiger partial charge in [-0.3, -0.25) is 0 Å². The molecule has 1 heterocycles. The zero-order valence-corrected chi connectivity index (χ0v) is 9.75. The molecule has 3 aromatic rings. The maximum absolute atomic E-state index is 12.8. The first-order chi connectivity index (χ1) is 9.22. The number of hydrogen-bond donors (Lipinski definition) is 1. The standard InChI is InChI=1S/C14H9FN2O2/c15-11-6-4-9(5-7-11)13-16-14(19-17-13)10-2-1-3-12(18)8-10/h1-8,18H. The summed E-state index contributed by atoms with van der Waals surface area (Å²) in [6, 6.07) is 12.3. The van der Waals surface area contributed by atoms with Crippen molar-refractivity contribution in [2.45, 2.75) is 0 Å². The van der Waals surface area contributed by atoms with Gasteiger partial charge >= 0.3 is 0 Å². The first-order valence-electron chi connectivity index (χ1n) is 5.61. The van der Waals surface area contributed by atoms with E-state index in [1.807, 2.05) is 0 Å². The Balaban J connectivity index is 1.97. The second-order valence-electron chi connectivity index (χ2n) is 3.98. The van der Waals surface area contributed by atoms with E-state index in [0.717, 1.165) is 0 Å². The lowest BCUT2D eigenvalue weighted by Crippen LogP contribution is -1.82. The summed E-state index contributed by atoms with van der Waals surface area (Å²) in [6.07, 6.45) is 0. The molecule has 0 aliphatic heterocycles. The summed E-state index contributed by atoms with van der Waals surface area (Å²) in [6.45, 7) is 0. The van der Waals surface area contributed by atoms with Crippen LogP contribution in [-0.4, -0.2) is 15.2 Å². The second-order valence-corrected chi connectivity index (χ2v) is 3.98. The minimum Gasteiger partial charge on any atom is -0.508 e. The first-order valence-corrected chi connectivity index (χ1v) is 5.61. The Hall–Kier alpha value is -2.69. The molecule has 0 aliphatic rings. The van der Waals surface area contributed by atoms with Crippen molar-refractivity contribution in [1.82, 2.24) is 10.1 Å². The summed E-state index contributed by atoms with van der Waals surface area (Å²) in [5.41, 5.74) is 1.29. The van der Waals surface area contributed by atoms with Crippen LogP contribution in [0.1, 0.15) is 0 Å². The number of nitrogens with zero attached hydrogens (tertiary/aromatic N) is 2. The molecule has 5 heteroatoms. The molecule has 0 saturated heterocycles. The van der Waals surface area contributed by atoms with E-state index in [-0.39, 0.29) is 11.6 Å². The van der Waals surface area contributed by atoms with Crippen molar-refractivity contribution in [3.8, 4) is 28.6 Å². The average molecular weight is 256 g/mol. The molecular weight excluding hydrogens is 247 g/mol. The summed E-state index contributed by atoms with van der Waals surface area (Å²) in [4.78, 5) is 4.21. The van der Waals surface area contributed by atoms with Crippen molar-refractivity contribution >= 4 is 0 Å². The highest BCUT2D eigenvalue weighted by molar-refractivity contribution is 5.60. The topological polar surface area (TPSA) is 59.2 Å². The third-order valence-electron chi connectivity index (χ3n) is 2.62. The van der Waals surface area contributed by atoms with Gasteiger partial charge in [-0.1, -0.05) is 11.2 Å². The van der Waals surface area contributed by atoms with Crippen LogP contribution in [0.4, 0.5) is 4.39 Å². The lowest BCUT2D eigenvalue weighted by atomic mass is 10.2. The predicted octanol–water partition coefficient (Wildman–Crippen LogP) is 3.25. The highest BCUT2D eigenvalue weighted by Crippen LogP contribution is 2.24. The second kappa shape index (κ2) is 4.53. The van der Waals surface area contributed by atoms with Gasteiger partial charge in [-0.05, 0) is 42.5 Å². The molecule has 1 aromatic heterocycles. The minimum absolute atomic E-state index is 0.124. The van der Waals surface area contributed by atoms with Gasteiger partial charge in [-0.15, -0.1) is 0 Å². The quantitative estimate of drug-likeness (QED) is 0.764. The third kappa shape index (κ3) is 2.30. The molecule has 0 aliphatic carbocycles. The molecule has 0 amide bonds. The van der Waals surface area contributed by atoms with Crippen LogP contribution in [0.25, 0.3) is 22.8 Å². The van der Waals surface area contributed by atoms with Crippen LogP contribution in [0.3, 0.4) is 0 Å². The fourth-order valence-corrected chi connectivity index (χ4v) is 1.70. The monoisotopic (exact) mass is 256 g/mol. The number of phenolic OH excluding ortho intramolecular Hbond substituents is 1. The van der Waals surface area contributed by atoms with Crippen LogP contribution in [0.2, 0.25) is 0 Å². The Kier molecular flexibility index (Phi) is 2.72. The molecule has 2 aromatic carbocycles. The van der Waals surface area contributed by atoms with E-state index in [1.54, 1.807) is 30.3 Å². The van der Waals surface area contributed by atoms with Crippen LogP contribution in [0.15, 0.2) is 53.1 Å². The fourth-order valence-electron chi connectivity index (χ4n) is 1.70. The van der Waals surface area contributed by atoms with Crippen LogP contribution < -0.4 is 0 Å². The maximum Gasteiger partial charge on any atom is 0.258 e. The molecule has 0 saturated carbocycles. The van der Waals surface area contributed by atoms with Gasteiger partial charge in [0.2, 0.25) is 5.82 Å². The molecule has 0 bridgehead atoms. The van der Waals surface area contributed by atoms with Crippen molar-refractivity contribution in [3.63, 3.8) is 0 Å². The van der Waals surface area contributed by atoms with E-state index in [1.165, 1.54) is 18.2 Å². The van der Waals surface area contributed by atoms with Gasteiger partial charge in [-0.2, -0.15) is 4.98 Å². The van der Waals surface area contributed by atoms with Crippen molar-refractivity contribution in [2.75, 3.05) is 0 Å². The SMILES string of the molecule is Oc1cccc(-c2nc(-c3ccc(F)cc3)no2)c1. The molecule has 0 radical (unpaired) electrons. The smallest absolute Gasteiger partial charge is 0.258 e. The molecule has 94 valence electrons. The van der Waals surface area contributed by atoms with E-state index in [4.69, 9.17) is 4.52 Å². The first kappa shape index (κ1) is 11.4. The van der Waals surface area contributed by atoms with Crippen LogP contribution >= 0.6 is 0 Å². The van der Waals surface area contributed by atoms with E-state index >= 15 is 0 Å². The zero-order chi connectivity index (χ0) is 13.2. The number of halogens is 1. The van der Waals surface area contributed by atoms with Gasteiger partial charge in [0, 0.05) is 11.1 Å². The Labute approximate surface area is 108 Å². The van der Waals surface area contributed by atoms with Gasteiger partial charge in [0.15, 0.2) is 0 Å².